The molecule has 0 aromatic heterocycles. The minimum Gasteiger partial charge on any atom is -0.378 e. The van der Waals surface area contributed by atoms with Crippen molar-refractivity contribution in [3.05, 3.63) is 95.1 Å². The largest absolute Gasteiger partial charge is 0.378 e. The summed E-state index contributed by atoms with van der Waals surface area (Å²) in [6.07, 6.45) is -0.105. The van der Waals surface area contributed by atoms with Gasteiger partial charge in [-0.1, -0.05) is 54.6 Å². The molecule has 3 heteroatoms. The van der Waals surface area contributed by atoms with Gasteiger partial charge in [-0.15, -0.1) is 0 Å². The Balaban J connectivity index is 1.92. The van der Waals surface area contributed by atoms with Crippen LogP contribution >= 0.6 is 0 Å². The molecule has 0 heterocycles. The quantitative estimate of drug-likeness (QED) is 0.548. The van der Waals surface area contributed by atoms with E-state index in [1.54, 1.807) is 0 Å². The number of anilines is 2. The molecule has 1 unspecified atom stereocenters. The van der Waals surface area contributed by atoms with Gasteiger partial charge in [0.25, 0.3) is 0 Å². The van der Waals surface area contributed by atoms with Crippen LogP contribution in [0.3, 0.4) is 0 Å². The van der Waals surface area contributed by atoms with Crippen LogP contribution in [0.2, 0.25) is 0 Å². The Morgan fingerprint density at radius 2 is 1.39 bits per heavy atom. The Morgan fingerprint density at radius 3 is 1.96 bits per heavy atom. The molecule has 1 atom stereocenters. The van der Waals surface area contributed by atoms with Crippen LogP contribution in [0, 0.1) is 6.92 Å². The standard InChI is InChI=1S/C25H30N2O/c1-19-17-22(13-16-24(19)27(4)5)25(28-18-20-9-7-6-8-10-20)21-11-14-23(15-12-21)26(2)3/h6-17,25H,18H2,1-5H3. The number of hydrogen-bond acceptors (Lipinski definition) is 3. The fraction of sp³-hybridized carbons (Fsp3) is 0.280. The molecule has 0 saturated carbocycles. The van der Waals surface area contributed by atoms with E-state index in [4.69, 9.17) is 4.74 Å². The van der Waals surface area contributed by atoms with Gasteiger partial charge in [-0.25, -0.2) is 0 Å². The van der Waals surface area contributed by atoms with Crippen LogP contribution in [0.15, 0.2) is 72.8 Å². The zero-order valence-electron chi connectivity index (χ0n) is 17.5. The molecule has 0 aliphatic rings. The van der Waals surface area contributed by atoms with Gasteiger partial charge in [0.05, 0.1) is 6.61 Å². The van der Waals surface area contributed by atoms with Gasteiger partial charge >= 0.3 is 0 Å². The molecular formula is C25H30N2O. The molecule has 3 aromatic carbocycles. The summed E-state index contributed by atoms with van der Waals surface area (Å²) < 4.78 is 6.43. The number of ether oxygens (including phenoxy) is 1. The zero-order valence-corrected chi connectivity index (χ0v) is 17.5. The first-order valence-electron chi connectivity index (χ1n) is 9.66. The van der Waals surface area contributed by atoms with E-state index in [0.717, 1.165) is 0 Å². The molecule has 0 amide bonds. The van der Waals surface area contributed by atoms with Gasteiger partial charge in [-0.3, -0.25) is 0 Å². The lowest BCUT2D eigenvalue weighted by atomic mass is 9.98. The second kappa shape index (κ2) is 8.94. The van der Waals surface area contributed by atoms with Crippen molar-refractivity contribution in [3.8, 4) is 0 Å². The van der Waals surface area contributed by atoms with Crippen molar-refractivity contribution in [2.75, 3.05) is 38.0 Å². The fourth-order valence-electron chi connectivity index (χ4n) is 3.43. The van der Waals surface area contributed by atoms with Crippen molar-refractivity contribution in [3.63, 3.8) is 0 Å². The normalized spacial score (nSPS) is 11.9. The first-order chi connectivity index (χ1) is 13.5. The molecule has 3 aromatic rings. The molecule has 28 heavy (non-hydrogen) atoms. The summed E-state index contributed by atoms with van der Waals surface area (Å²) in [4.78, 5) is 4.25. The SMILES string of the molecule is Cc1cc(C(OCc2ccccc2)c2ccc(N(C)C)cc2)ccc1N(C)C. The molecule has 0 saturated heterocycles. The van der Waals surface area contributed by atoms with Crippen molar-refractivity contribution >= 4 is 11.4 Å². The Bertz CT molecular complexity index is 886. The third kappa shape index (κ3) is 4.73. The number of nitrogens with zero attached hydrogens (tertiary/aromatic N) is 2. The maximum Gasteiger partial charge on any atom is 0.108 e. The summed E-state index contributed by atoms with van der Waals surface area (Å²) in [7, 11) is 8.26. The van der Waals surface area contributed by atoms with E-state index >= 15 is 0 Å². The second-order valence-corrected chi connectivity index (χ2v) is 7.60. The summed E-state index contributed by atoms with van der Waals surface area (Å²) in [5, 5.41) is 0. The van der Waals surface area contributed by atoms with E-state index in [1.807, 2.05) is 6.07 Å². The molecule has 0 bridgehead atoms. The number of aryl methyl sites for hydroxylation is 1. The van der Waals surface area contributed by atoms with E-state index in [2.05, 4.69) is 112 Å². The fourth-order valence-corrected chi connectivity index (χ4v) is 3.43. The Labute approximate surface area is 169 Å². The van der Waals surface area contributed by atoms with Crippen LogP contribution in [-0.2, 0) is 11.3 Å². The van der Waals surface area contributed by atoms with Gasteiger partial charge < -0.3 is 14.5 Å². The first kappa shape index (κ1) is 20.0. The van der Waals surface area contributed by atoms with E-state index in [-0.39, 0.29) is 6.10 Å². The lowest BCUT2D eigenvalue weighted by Crippen LogP contribution is -2.12. The summed E-state index contributed by atoms with van der Waals surface area (Å²) in [6, 6.07) is 25.6. The minimum absolute atomic E-state index is 0.105. The van der Waals surface area contributed by atoms with Crippen molar-refractivity contribution in [2.45, 2.75) is 19.6 Å². The lowest BCUT2D eigenvalue weighted by Gasteiger charge is -2.23. The van der Waals surface area contributed by atoms with Crippen LogP contribution in [-0.4, -0.2) is 28.2 Å². The van der Waals surface area contributed by atoms with Crippen molar-refractivity contribution in [2.24, 2.45) is 0 Å². The topological polar surface area (TPSA) is 15.7 Å². The predicted octanol–water partition coefficient (Wildman–Crippen LogP) is 5.43. The highest BCUT2D eigenvalue weighted by Crippen LogP contribution is 2.31. The molecule has 3 rings (SSSR count). The van der Waals surface area contributed by atoms with Gasteiger partial charge in [0.1, 0.15) is 6.10 Å². The maximum atomic E-state index is 6.43. The molecular weight excluding hydrogens is 344 g/mol. The third-order valence-electron chi connectivity index (χ3n) is 4.98. The smallest absolute Gasteiger partial charge is 0.108 e. The van der Waals surface area contributed by atoms with Gasteiger partial charge in [0.15, 0.2) is 0 Å². The second-order valence-electron chi connectivity index (χ2n) is 7.60. The Hall–Kier alpha value is -2.78. The predicted molar refractivity (Wildman–Crippen MR) is 119 cm³/mol. The highest BCUT2D eigenvalue weighted by molar-refractivity contribution is 5.55. The van der Waals surface area contributed by atoms with Crippen molar-refractivity contribution in [1.29, 1.82) is 0 Å². The molecule has 146 valence electrons. The van der Waals surface area contributed by atoms with E-state index < -0.39 is 0 Å². The van der Waals surface area contributed by atoms with E-state index in [1.165, 1.54) is 33.6 Å². The molecule has 0 radical (unpaired) electrons. The van der Waals surface area contributed by atoms with E-state index in [9.17, 15) is 0 Å². The molecule has 3 nitrogen and oxygen atoms in total. The molecule has 0 N–H and O–H groups in total. The highest BCUT2D eigenvalue weighted by Gasteiger charge is 2.17. The average molecular weight is 375 g/mol. The minimum atomic E-state index is -0.105. The summed E-state index contributed by atoms with van der Waals surface area (Å²) in [5.41, 5.74) is 7.19. The van der Waals surface area contributed by atoms with Gasteiger partial charge in [-0.05, 0) is 47.4 Å². The summed E-state index contributed by atoms with van der Waals surface area (Å²) in [6.45, 7) is 2.73. The first-order valence-corrected chi connectivity index (χ1v) is 9.66. The number of rotatable bonds is 7. The van der Waals surface area contributed by atoms with Crippen LogP contribution in [0.25, 0.3) is 0 Å². The third-order valence-corrected chi connectivity index (χ3v) is 4.98. The Kier molecular flexibility index (Phi) is 6.37. The monoisotopic (exact) mass is 374 g/mol. The van der Waals surface area contributed by atoms with Gasteiger partial charge in [0.2, 0.25) is 0 Å². The summed E-state index contributed by atoms with van der Waals surface area (Å²) >= 11 is 0. The van der Waals surface area contributed by atoms with Crippen LogP contribution < -0.4 is 9.80 Å². The lowest BCUT2D eigenvalue weighted by molar-refractivity contribution is 0.0667. The summed E-state index contributed by atoms with van der Waals surface area (Å²) in [5.74, 6) is 0. The average Bonchev–Trinajstić information content (AvgIpc) is 2.69. The molecule has 0 fully saturated rings. The Morgan fingerprint density at radius 1 is 0.750 bits per heavy atom. The maximum absolute atomic E-state index is 6.43. The zero-order chi connectivity index (χ0) is 20.1. The van der Waals surface area contributed by atoms with Crippen molar-refractivity contribution < 1.29 is 4.74 Å². The van der Waals surface area contributed by atoms with Gasteiger partial charge in [-0.2, -0.15) is 0 Å². The molecule has 0 aliphatic heterocycles. The number of benzene rings is 3. The van der Waals surface area contributed by atoms with Crippen LogP contribution in [0.1, 0.15) is 28.4 Å². The van der Waals surface area contributed by atoms with E-state index in [0.29, 0.717) is 6.61 Å². The molecule has 0 spiro atoms. The number of hydrogen-bond donors (Lipinski definition) is 0. The highest BCUT2D eigenvalue weighted by atomic mass is 16.5. The molecule has 0 aliphatic carbocycles. The van der Waals surface area contributed by atoms with Gasteiger partial charge in [0, 0.05) is 39.6 Å². The van der Waals surface area contributed by atoms with Crippen molar-refractivity contribution in [1.82, 2.24) is 0 Å². The van der Waals surface area contributed by atoms with Crippen LogP contribution in [0.5, 0.6) is 0 Å². The van der Waals surface area contributed by atoms with Crippen LogP contribution in [0.4, 0.5) is 11.4 Å².